The molecule has 0 spiro atoms. The lowest BCUT2D eigenvalue weighted by Gasteiger charge is -2.34. The molecule has 0 aliphatic carbocycles. The second kappa shape index (κ2) is 10.2. The first-order valence-electron chi connectivity index (χ1n) is 11.7. The van der Waals surface area contributed by atoms with Crippen molar-refractivity contribution in [2.24, 2.45) is 5.92 Å². The van der Waals surface area contributed by atoms with E-state index in [4.69, 9.17) is 27.6 Å². The Morgan fingerprint density at radius 1 is 0.939 bits per heavy atom. The highest BCUT2D eigenvalue weighted by molar-refractivity contribution is 6.42. The molecule has 3 aromatic rings. The summed E-state index contributed by atoms with van der Waals surface area (Å²) in [5.74, 6) is 1.41. The second-order valence-corrected chi connectivity index (χ2v) is 10.2. The standard InChI is InChI=1S/C27H30Cl2N2O2/c28-25-7-6-21(14-26(25)29)27(32)31-16-23(24(17-31)22-10-13-33-18-22)15-30-11-8-20(9-12-30)19-4-2-1-3-5-19/h1-7,10,13-14,18,20,23-24,27,32H,8-9,11-12,15-17H2. The first-order chi connectivity index (χ1) is 16.1. The van der Waals surface area contributed by atoms with Crippen LogP contribution in [0.2, 0.25) is 10.0 Å². The maximum atomic E-state index is 11.1. The summed E-state index contributed by atoms with van der Waals surface area (Å²) in [7, 11) is 0. The van der Waals surface area contributed by atoms with Crippen molar-refractivity contribution in [3.05, 3.63) is 93.9 Å². The lowest BCUT2D eigenvalue weighted by molar-refractivity contribution is 0.0145. The van der Waals surface area contributed by atoms with E-state index in [1.54, 1.807) is 18.4 Å². The minimum atomic E-state index is -0.706. The molecule has 4 nitrogen and oxygen atoms in total. The lowest BCUT2D eigenvalue weighted by atomic mass is 9.87. The van der Waals surface area contributed by atoms with Gasteiger partial charge in [-0.25, -0.2) is 0 Å². The maximum absolute atomic E-state index is 11.1. The van der Waals surface area contributed by atoms with Crippen LogP contribution >= 0.6 is 23.2 Å². The highest BCUT2D eigenvalue weighted by Crippen LogP contribution is 2.39. The normalized spacial score (nSPS) is 23.7. The third-order valence-electron chi connectivity index (χ3n) is 7.38. The molecule has 2 saturated heterocycles. The molecule has 0 saturated carbocycles. The first kappa shape index (κ1) is 22.9. The van der Waals surface area contributed by atoms with Gasteiger partial charge in [0.15, 0.2) is 0 Å². The molecular weight excluding hydrogens is 455 g/mol. The Bertz CT molecular complexity index is 1040. The molecule has 3 heterocycles. The molecule has 2 fully saturated rings. The largest absolute Gasteiger partial charge is 0.472 e. The Kier molecular flexibility index (Phi) is 7.10. The number of rotatable bonds is 6. The average molecular weight is 485 g/mol. The van der Waals surface area contributed by atoms with Gasteiger partial charge in [-0.3, -0.25) is 4.90 Å². The number of hydrogen-bond acceptors (Lipinski definition) is 4. The zero-order valence-corrected chi connectivity index (χ0v) is 20.1. The average Bonchev–Trinajstić information content (AvgIpc) is 3.52. The van der Waals surface area contributed by atoms with Crippen molar-refractivity contribution < 1.29 is 9.52 Å². The number of aliphatic hydroxyl groups is 1. The SMILES string of the molecule is OC(c1ccc(Cl)c(Cl)c1)N1CC(CN2CCC(c3ccccc3)CC2)C(c2ccoc2)C1. The van der Waals surface area contributed by atoms with E-state index in [9.17, 15) is 5.11 Å². The first-order valence-corrected chi connectivity index (χ1v) is 12.5. The molecule has 2 aliphatic rings. The summed E-state index contributed by atoms with van der Waals surface area (Å²) in [5.41, 5.74) is 3.45. The van der Waals surface area contributed by atoms with Crippen molar-refractivity contribution in [1.29, 1.82) is 0 Å². The van der Waals surface area contributed by atoms with E-state index in [2.05, 4.69) is 46.2 Å². The molecule has 6 heteroatoms. The number of hydrogen-bond donors (Lipinski definition) is 1. The summed E-state index contributed by atoms with van der Waals surface area (Å²) in [6.45, 7) is 4.87. The number of aliphatic hydroxyl groups excluding tert-OH is 1. The van der Waals surface area contributed by atoms with Crippen molar-refractivity contribution in [2.45, 2.75) is 30.9 Å². The molecular formula is C27H30Cl2N2O2. The Morgan fingerprint density at radius 3 is 2.42 bits per heavy atom. The topological polar surface area (TPSA) is 39.9 Å². The minimum absolute atomic E-state index is 0.327. The predicted octanol–water partition coefficient (Wildman–Crippen LogP) is 6.17. The lowest BCUT2D eigenvalue weighted by Crippen LogP contribution is -2.38. The van der Waals surface area contributed by atoms with E-state index in [-0.39, 0.29) is 0 Å². The van der Waals surface area contributed by atoms with Crippen LogP contribution in [0.3, 0.4) is 0 Å². The molecule has 0 radical (unpaired) electrons. The van der Waals surface area contributed by atoms with Crippen molar-refractivity contribution in [3.8, 4) is 0 Å². The van der Waals surface area contributed by atoms with E-state index in [0.29, 0.717) is 27.8 Å². The van der Waals surface area contributed by atoms with Crippen molar-refractivity contribution in [1.82, 2.24) is 9.80 Å². The van der Waals surface area contributed by atoms with Gasteiger partial charge in [0.05, 0.1) is 22.6 Å². The summed E-state index contributed by atoms with van der Waals surface area (Å²) in [6.07, 6.45) is 5.29. The quantitative estimate of drug-likeness (QED) is 0.453. The highest BCUT2D eigenvalue weighted by Gasteiger charge is 2.38. The van der Waals surface area contributed by atoms with Gasteiger partial charge >= 0.3 is 0 Å². The third-order valence-corrected chi connectivity index (χ3v) is 8.12. The number of piperidine rings is 1. The van der Waals surface area contributed by atoms with Crippen LogP contribution < -0.4 is 0 Å². The van der Waals surface area contributed by atoms with Crippen LogP contribution in [0.15, 0.2) is 71.5 Å². The van der Waals surface area contributed by atoms with Crippen LogP contribution in [0.4, 0.5) is 0 Å². The Labute approximate surface area is 205 Å². The molecule has 0 bridgehead atoms. The molecule has 5 rings (SSSR count). The number of benzene rings is 2. The summed E-state index contributed by atoms with van der Waals surface area (Å²) in [6, 6.07) is 18.3. The molecule has 33 heavy (non-hydrogen) atoms. The van der Waals surface area contributed by atoms with Crippen molar-refractivity contribution in [3.63, 3.8) is 0 Å². The minimum Gasteiger partial charge on any atom is -0.472 e. The molecule has 174 valence electrons. The Hall–Kier alpha value is -1.82. The zero-order valence-electron chi connectivity index (χ0n) is 18.6. The van der Waals surface area contributed by atoms with E-state index in [1.807, 2.05) is 12.3 Å². The van der Waals surface area contributed by atoms with Crippen LogP contribution in [0.25, 0.3) is 0 Å². The fourth-order valence-electron chi connectivity index (χ4n) is 5.54. The fraction of sp³-hybridized carbons (Fsp3) is 0.407. The molecule has 2 aliphatic heterocycles. The van der Waals surface area contributed by atoms with Gasteiger partial charge in [0.25, 0.3) is 0 Å². The number of likely N-dealkylation sites (tertiary alicyclic amines) is 2. The van der Waals surface area contributed by atoms with Crippen LogP contribution in [0, 0.1) is 5.92 Å². The predicted molar refractivity (Wildman–Crippen MR) is 133 cm³/mol. The van der Waals surface area contributed by atoms with Gasteiger partial charge in [-0.05, 0) is 72.7 Å². The van der Waals surface area contributed by atoms with E-state index in [1.165, 1.54) is 24.0 Å². The van der Waals surface area contributed by atoms with E-state index < -0.39 is 6.23 Å². The van der Waals surface area contributed by atoms with E-state index >= 15 is 0 Å². The number of furan rings is 1. The monoisotopic (exact) mass is 484 g/mol. The van der Waals surface area contributed by atoms with Gasteiger partial charge in [-0.1, -0.05) is 59.6 Å². The Morgan fingerprint density at radius 2 is 1.73 bits per heavy atom. The molecule has 3 atom stereocenters. The number of nitrogens with zero attached hydrogens (tertiary/aromatic N) is 2. The summed E-state index contributed by atoms with van der Waals surface area (Å²) >= 11 is 12.3. The van der Waals surface area contributed by atoms with Gasteiger partial charge in [-0.2, -0.15) is 0 Å². The molecule has 3 unspecified atom stereocenters. The van der Waals surface area contributed by atoms with Gasteiger partial charge in [0.2, 0.25) is 0 Å². The van der Waals surface area contributed by atoms with Crippen LogP contribution in [0.1, 0.15) is 47.6 Å². The molecule has 2 aromatic carbocycles. The van der Waals surface area contributed by atoms with Crippen molar-refractivity contribution >= 4 is 23.2 Å². The van der Waals surface area contributed by atoms with Crippen LogP contribution in [0.5, 0.6) is 0 Å². The molecule has 1 aromatic heterocycles. The van der Waals surface area contributed by atoms with Crippen LogP contribution in [-0.2, 0) is 0 Å². The van der Waals surface area contributed by atoms with Gasteiger partial charge in [0, 0.05) is 25.6 Å². The second-order valence-electron chi connectivity index (χ2n) is 9.41. The van der Waals surface area contributed by atoms with Gasteiger partial charge in [-0.15, -0.1) is 0 Å². The van der Waals surface area contributed by atoms with E-state index in [0.717, 1.165) is 38.3 Å². The molecule has 0 amide bonds. The third kappa shape index (κ3) is 5.16. The number of halogens is 2. The summed E-state index contributed by atoms with van der Waals surface area (Å²) < 4.78 is 5.41. The summed E-state index contributed by atoms with van der Waals surface area (Å²) in [4.78, 5) is 4.75. The van der Waals surface area contributed by atoms with Gasteiger partial charge in [0.1, 0.15) is 6.23 Å². The highest BCUT2D eigenvalue weighted by atomic mass is 35.5. The van der Waals surface area contributed by atoms with Crippen molar-refractivity contribution in [2.75, 3.05) is 32.7 Å². The van der Waals surface area contributed by atoms with Crippen LogP contribution in [-0.4, -0.2) is 47.6 Å². The Balaban J connectivity index is 1.26. The molecule has 1 N–H and O–H groups in total. The maximum Gasteiger partial charge on any atom is 0.133 e. The summed E-state index contributed by atoms with van der Waals surface area (Å²) in [5, 5.41) is 12.1. The zero-order chi connectivity index (χ0) is 22.8. The smallest absolute Gasteiger partial charge is 0.133 e. The van der Waals surface area contributed by atoms with Gasteiger partial charge < -0.3 is 14.4 Å². The fourth-order valence-corrected chi connectivity index (χ4v) is 5.85.